The van der Waals surface area contributed by atoms with Gasteiger partial charge in [-0.05, 0) is 62.0 Å². The molecule has 1 aliphatic rings. The molecule has 2 rings (SSSR count). The number of benzene rings is 1. The Kier molecular flexibility index (Phi) is 3.72. The molecule has 94 valence electrons. The Morgan fingerprint density at radius 1 is 1.18 bits per heavy atom. The van der Waals surface area contributed by atoms with E-state index in [1.807, 2.05) is 0 Å². The SMILES string of the molecule is Cc1cc(C)cc(N(C)CC2CNCC2C)c1. The summed E-state index contributed by atoms with van der Waals surface area (Å²) in [6.07, 6.45) is 0. The van der Waals surface area contributed by atoms with Gasteiger partial charge in [0.2, 0.25) is 0 Å². The Labute approximate surface area is 105 Å². The molecule has 17 heavy (non-hydrogen) atoms. The van der Waals surface area contributed by atoms with E-state index < -0.39 is 0 Å². The van der Waals surface area contributed by atoms with E-state index in [2.05, 4.69) is 56.2 Å². The molecule has 1 saturated heterocycles. The predicted octanol–water partition coefficient (Wildman–Crippen LogP) is 2.60. The maximum Gasteiger partial charge on any atom is 0.0369 e. The molecule has 0 aliphatic carbocycles. The van der Waals surface area contributed by atoms with Crippen LogP contribution < -0.4 is 10.2 Å². The second-order valence-corrected chi connectivity index (χ2v) is 5.62. The molecular formula is C15H24N2. The molecule has 1 heterocycles. The summed E-state index contributed by atoms with van der Waals surface area (Å²) in [4.78, 5) is 2.40. The molecule has 0 radical (unpaired) electrons. The van der Waals surface area contributed by atoms with Crippen LogP contribution in [0.15, 0.2) is 18.2 Å². The molecule has 1 aliphatic heterocycles. The first-order chi connectivity index (χ1) is 8.06. The fraction of sp³-hybridized carbons (Fsp3) is 0.600. The fourth-order valence-corrected chi connectivity index (χ4v) is 2.74. The zero-order chi connectivity index (χ0) is 12.4. The number of nitrogens with zero attached hydrogens (tertiary/aromatic N) is 1. The topological polar surface area (TPSA) is 15.3 Å². The van der Waals surface area contributed by atoms with Crippen LogP contribution in [0.25, 0.3) is 0 Å². The van der Waals surface area contributed by atoms with Gasteiger partial charge in [-0.15, -0.1) is 0 Å². The van der Waals surface area contributed by atoms with Crippen LogP contribution in [-0.4, -0.2) is 26.7 Å². The molecule has 0 aromatic heterocycles. The molecule has 1 fully saturated rings. The van der Waals surface area contributed by atoms with E-state index in [1.165, 1.54) is 23.4 Å². The van der Waals surface area contributed by atoms with Crippen LogP contribution in [0.3, 0.4) is 0 Å². The largest absolute Gasteiger partial charge is 0.374 e. The van der Waals surface area contributed by atoms with Gasteiger partial charge in [-0.3, -0.25) is 0 Å². The van der Waals surface area contributed by atoms with Gasteiger partial charge in [0, 0.05) is 19.3 Å². The Morgan fingerprint density at radius 3 is 2.35 bits per heavy atom. The third kappa shape index (κ3) is 3.01. The van der Waals surface area contributed by atoms with Crippen molar-refractivity contribution >= 4 is 5.69 Å². The molecule has 1 aromatic carbocycles. The molecule has 0 bridgehead atoms. The maximum atomic E-state index is 3.48. The second kappa shape index (κ2) is 5.09. The summed E-state index contributed by atoms with van der Waals surface area (Å²) in [6, 6.07) is 6.79. The molecule has 0 amide bonds. The van der Waals surface area contributed by atoms with Crippen molar-refractivity contribution in [3.05, 3.63) is 29.3 Å². The summed E-state index contributed by atoms with van der Waals surface area (Å²) < 4.78 is 0. The van der Waals surface area contributed by atoms with Crippen molar-refractivity contribution < 1.29 is 0 Å². The lowest BCUT2D eigenvalue weighted by Gasteiger charge is -2.25. The number of hydrogen-bond acceptors (Lipinski definition) is 2. The van der Waals surface area contributed by atoms with Crippen molar-refractivity contribution in [3.63, 3.8) is 0 Å². The Balaban J connectivity index is 2.06. The van der Waals surface area contributed by atoms with E-state index in [0.717, 1.165) is 24.9 Å². The third-order valence-electron chi connectivity index (χ3n) is 3.83. The number of nitrogens with one attached hydrogen (secondary N) is 1. The highest BCUT2D eigenvalue weighted by molar-refractivity contribution is 5.50. The molecule has 1 aromatic rings. The van der Waals surface area contributed by atoms with Crippen molar-refractivity contribution in [1.82, 2.24) is 5.32 Å². The summed E-state index contributed by atoms with van der Waals surface area (Å²) in [5.74, 6) is 1.57. The number of rotatable bonds is 3. The number of aryl methyl sites for hydroxylation is 2. The minimum absolute atomic E-state index is 0.779. The minimum Gasteiger partial charge on any atom is -0.374 e. The predicted molar refractivity (Wildman–Crippen MR) is 74.7 cm³/mol. The molecule has 1 N–H and O–H groups in total. The quantitative estimate of drug-likeness (QED) is 0.862. The first-order valence-electron chi connectivity index (χ1n) is 6.56. The molecule has 2 unspecified atom stereocenters. The highest BCUT2D eigenvalue weighted by Crippen LogP contribution is 2.22. The van der Waals surface area contributed by atoms with Gasteiger partial charge in [-0.1, -0.05) is 13.0 Å². The van der Waals surface area contributed by atoms with E-state index >= 15 is 0 Å². The van der Waals surface area contributed by atoms with Crippen molar-refractivity contribution in [1.29, 1.82) is 0 Å². The monoisotopic (exact) mass is 232 g/mol. The van der Waals surface area contributed by atoms with Gasteiger partial charge in [0.15, 0.2) is 0 Å². The van der Waals surface area contributed by atoms with Crippen molar-refractivity contribution in [2.45, 2.75) is 20.8 Å². The van der Waals surface area contributed by atoms with Crippen LogP contribution in [0, 0.1) is 25.7 Å². The summed E-state index contributed by atoms with van der Waals surface area (Å²) in [7, 11) is 2.21. The summed E-state index contributed by atoms with van der Waals surface area (Å²) in [5.41, 5.74) is 4.05. The van der Waals surface area contributed by atoms with Crippen LogP contribution >= 0.6 is 0 Å². The first kappa shape index (κ1) is 12.4. The summed E-state index contributed by atoms with van der Waals surface area (Å²) in [5, 5.41) is 3.48. The van der Waals surface area contributed by atoms with Gasteiger partial charge >= 0.3 is 0 Å². The number of hydrogen-bond donors (Lipinski definition) is 1. The highest BCUT2D eigenvalue weighted by Gasteiger charge is 2.24. The van der Waals surface area contributed by atoms with E-state index in [4.69, 9.17) is 0 Å². The highest BCUT2D eigenvalue weighted by atomic mass is 15.1. The van der Waals surface area contributed by atoms with E-state index in [0.29, 0.717) is 0 Å². The van der Waals surface area contributed by atoms with Crippen LogP contribution in [0.2, 0.25) is 0 Å². The van der Waals surface area contributed by atoms with E-state index in [-0.39, 0.29) is 0 Å². The van der Waals surface area contributed by atoms with Crippen LogP contribution in [-0.2, 0) is 0 Å². The van der Waals surface area contributed by atoms with Gasteiger partial charge in [0.1, 0.15) is 0 Å². The van der Waals surface area contributed by atoms with Crippen LogP contribution in [0.1, 0.15) is 18.1 Å². The normalized spacial score (nSPS) is 24.0. The Bertz CT molecular complexity index is 366. The zero-order valence-corrected chi connectivity index (χ0v) is 11.5. The Morgan fingerprint density at radius 2 is 1.82 bits per heavy atom. The lowest BCUT2D eigenvalue weighted by atomic mass is 9.97. The van der Waals surface area contributed by atoms with Gasteiger partial charge in [0.25, 0.3) is 0 Å². The molecule has 2 heteroatoms. The number of anilines is 1. The molecule has 0 spiro atoms. The average molecular weight is 232 g/mol. The van der Waals surface area contributed by atoms with E-state index in [9.17, 15) is 0 Å². The molecule has 0 saturated carbocycles. The molecule has 2 nitrogen and oxygen atoms in total. The maximum absolute atomic E-state index is 3.48. The van der Waals surface area contributed by atoms with Crippen LogP contribution in [0.5, 0.6) is 0 Å². The fourth-order valence-electron chi connectivity index (χ4n) is 2.74. The third-order valence-corrected chi connectivity index (χ3v) is 3.83. The van der Waals surface area contributed by atoms with Crippen molar-refractivity contribution in [2.75, 3.05) is 31.6 Å². The lowest BCUT2D eigenvalue weighted by Crippen LogP contribution is -2.29. The zero-order valence-electron chi connectivity index (χ0n) is 11.5. The standard InChI is InChI=1S/C15H24N2/c1-11-5-12(2)7-15(6-11)17(4)10-14-9-16-8-13(14)3/h5-7,13-14,16H,8-10H2,1-4H3. The minimum atomic E-state index is 0.779. The smallest absolute Gasteiger partial charge is 0.0369 e. The average Bonchev–Trinajstić information content (AvgIpc) is 2.63. The van der Waals surface area contributed by atoms with Gasteiger partial charge < -0.3 is 10.2 Å². The van der Waals surface area contributed by atoms with Crippen molar-refractivity contribution in [3.8, 4) is 0 Å². The van der Waals surface area contributed by atoms with Gasteiger partial charge in [0.05, 0.1) is 0 Å². The van der Waals surface area contributed by atoms with Crippen LogP contribution in [0.4, 0.5) is 5.69 Å². The lowest BCUT2D eigenvalue weighted by molar-refractivity contribution is 0.455. The molecule has 2 atom stereocenters. The van der Waals surface area contributed by atoms with Gasteiger partial charge in [-0.25, -0.2) is 0 Å². The second-order valence-electron chi connectivity index (χ2n) is 5.62. The van der Waals surface area contributed by atoms with E-state index in [1.54, 1.807) is 0 Å². The summed E-state index contributed by atoms with van der Waals surface area (Å²) >= 11 is 0. The first-order valence-corrected chi connectivity index (χ1v) is 6.56. The molecular weight excluding hydrogens is 208 g/mol. The van der Waals surface area contributed by atoms with Crippen molar-refractivity contribution in [2.24, 2.45) is 11.8 Å². The Hall–Kier alpha value is -1.02. The van der Waals surface area contributed by atoms with Gasteiger partial charge in [-0.2, -0.15) is 0 Å². The summed E-state index contributed by atoms with van der Waals surface area (Å²) in [6.45, 7) is 10.2.